The van der Waals surface area contributed by atoms with E-state index in [0.717, 1.165) is 25.8 Å². The van der Waals surface area contributed by atoms with Gasteiger partial charge in [-0.2, -0.15) is 0 Å². The molecule has 116 valence electrons. The first-order valence-corrected chi connectivity index (χ1v) is 7.35. The minimum absolute atomic E-state index is 0.00632. The molecule has 0 aromatic carbocycles. The summed E-state index contributed by atoms with van der Waals surface area (Å²) in [5, 5.41) is 5.92. The Kier molecular flexibility index (Phi) is 6.10. The van der Waals surface area contributed by atoms with Crippen LogP contribution in [0.4, 0.5) is 4.79 Å². The van der Waals surface area contributed by atoms with Crippen LogP contribution in [0.2, 0.25) is 0 Å². The summed E-state index contributed by atoms with van der Waals surface area (Å²) in [5.74, 6) is 0.925. The van der Waals surface area contributed by atoms with Gasteiger partial charge in [-0.05, 0) is 46.0 Å². The number of alkyl carbamates (subject to hydrolysis) is 1. The number of hydrogen-bond acceptors (Lipinski definition) is 3. The maximum atomic E-state index is 11.8. The summed E-state index contributed by atoms with van der Waals surface area (Å²) in [7, 11) is 0. The lowest BCUT2D eigenvalue weighted by molar-refractivity contribution is 0.0500. The Morgan fingerprint density at radius 2 is 2.10 bits per heavy atom. The first-order valence-electron chi connectivity index (χ1n) is 7.35. The van der Waals surface area contributed by atoms with Crippen molar-refractivity contribution < 1.29 is 9.53 Å². The Hall–Kier alpha value is -1.46. The largest absolute Gasteiger partial charge is 0.444 e. The summed E-state index contributed by atoms with van der Waals surface area (Å²) < 4.78 is 5.27. The first kappa shape index (κ1) is 16.6. The number of rotatable bonds is 6. The highest BCUT2D eigenvalue weighted by molar-refractivity contribution is 5.77. The molecule has 1 atom stereocenters. The number of amides is 1. The van der Waals surface area contributed by atoms with Crippen molar-refractivity contribution in [2.24, 2.45) is 16.6 Å². The lowest BCUT2D eigenvalue weighted by Crippen LogP contribution is -2.43. The molecule has 0 heterocycles. The molecule has 0 aliphatic heterocycles. The van der Waals surface area contributed by atoms with Gasteiger partial charge in [-0.25, -0.2) is 4.79 Å². The average molecular weight is 284 g/mol. The molecule has 1 saturated carbocycles. The molecule has 1 rings (SSSR count). The quantitative estimate of drug-likeness (QED) is 0.510. The van der Waals surface area contributed by atoms with Crippen LogP contribution in [0.25, 0.3) is 0 Å². The molecule has 4 N–H and O–H groups in total. The Labute approximate surface area is 121 Å². The second-order valence-corrected chi connectivity index (χ2v) is 6.24. The van der Waals surface area contributed by atoms with Gasteiger partial charge in [0.05, 0.1) is 12.6 Å². The number of carbonyl (C=O) groups excluding carboxylic acids is 1. The molecule has 1 aliphatic carbocycles. The van der Waals surface area contributed by atoms with Crippen LogP contribution in [0.5, 0.6) is 0 Å². The summed E-state index contributed by atoms with van der Waals surface area (Å²) in [6, 6.07) is 0.00632. The Bertz CT molecular complexity index is 346. The van der Waals surface area contributed by atoms with Crippen LogP contribution in [-0.4, -0.2) is 36.8 Å². The van der Waals surface area contributed by atoms with Gasteiger partial charge in [-0.15, -0.1) is 0 Å². The molecule has 0 aromatic heterocycles. The van der Waals surface area contributed by atoms with E-state index in [9.17, 15) is 4.79 Å². The fourth-order valence-corrected chi connectivity index (χ4v) is 1.78. The van der Waals surface area contributed by atoms with Crippen molar-refractivity contribution in [2.75, 3.05) is 13.1 Å². The number of aliphatic imine (C=N–C) groups is 1. The maximum absolute atomic E-state index is 11.8. The van der Waals surface area contributed by atoms with E-state index in [1.165, 1.54) is 0 Å². The number of nitrogens with one attached hydrogen (secondary N) is 2. The van der Waals surface area contributed by atoms with Gasteiger partial charge in [0.2, 0.25) is 0 Å². The predicted octanol–water partition coefficient (Wildman–Crippen LogP) is 1.60. The number of guanidine groups is 1. The standard InChI is InChI=1S/C14H28N4O2/c1-5-8-16-12(15)17-9-11(10-6-7-10)18-13(19)20-14(2,3)4/h10-11H,5-9H2,1-4H3,(H,18,19)(H3,15,16,17). The summed E-state index contributed by atoms with van der Waals surface area (Å²) >= 11 is 0. The number of nitrogens with zero attached hydrogens (tertiary/aromatic N) is 1. The van der Waals surface area contributed by atoms with Gasteiger partial charge in [0.15, 0.2) is 5.96 Å². The van der Waals surface area contributed by atoms with Crippen molar-refractivity contribution >= 4 is 12.1 Å². The van der Waals surface area contributed by atoms with Crippen LogP contribution in [-0.2, 0) is 4.74 Å². The van der Waals surface area contributed by atoms with Crippen molar-refractivity contribution in [3.63, 3.8) is 0 Å². The fraction of sp³-hybridized carbons (Fsp3) is 0.857. The smallest absolute Gasteiger partial charge is 0.407 e. The lowest BCUT2D eigenvalue weighted by Gasteiger charge is -2.23. The highest BCUT2D eigenvalue weighted by atomic mass is 16.6. The van der Waals surface area contributed by atoms with Crippen molar-refractivity contribution in [2.45, 2.75) is 58.6 Å². The van der Waals surface area contributed by atoms with Crippen molar-refractivity contribution in [1.29, 1.82) is 0 Å². The van der Waals surface area contributed by atoms with E-state index in [4.69, 9.17) is 10.5 Å². The highest BCUT2D eigenvalue weighted by Crippen LogP contribution is 2.32. The molecule has 0 radical (unpaired) electrons. The number of nitrogens with two attached hydrogens (primary N) is 1. The second-order valence-electron chi connectivity index (χ2n) is 6.24. The summed E-state index contributed by atoms with van der Waals surface area (Å²) in [6.45, 7) is 8.92. The van der Waals surface area contributed by atoms with Crippen LogP contribution >= 0.6 is 0 Å². The first-order chi connectivity index (χ1) is 9.31. The van der Waals surface area contributed by atoms with Crippen molar-refractivity contribution in [3.05, 3.63) is 0 Å². The molecule has 1 amide bonds. The van der Waals surface area contributed by atoms with Gasteiger partial charge in [-0.1, -0.05) is 6.92 Å². The van der Waals surface area contributed by atoms with E-state index in [1.54, 1.807) is 0 Å². The van der Waals surface area contributed by atoms with E-state index in [2.05, 4.69) is 22.5 Å². The van der Waals surface area contributed by atoms with Crippen LogP contribution in [0, 0.1) is 5.92 Å². The second kappa shape index (κ2) is 7.36. The molecule has 0 bridgehead atoms. The van der Waals surface area contributed by atoms with Gasteiger partial charge in [0, 0.05) is 6.54 Å². The van der Waals surface area contributed by atoms with Gasteiger partial charge in [-0.3, -0.25) is 4.99 Å². The minimum atomic E-state index is -0.483. The highest BCUT2D eigenvalue weighted by Gasteiger charge is 2.33. The molecular weight excluding hydrogens is 256 g/mol. The van der Waals surface area contributed by atoms with E-state index in [0.29, 0.717) is 18.4 Å². The normalized spacial score (nSPS) is 17.5. The third-order valence-electron chi connectivity index (χ3n) is 2.91. The third-order valence-corrected chi connectivity index (χ3v) is 2.91. The summed E-state index contributed by atoms with van der Waals surface area (Å²) in [6.07, 6.45) is 2.86. The molecule has 6 heteroatoms. The van der Waals surface area contributed by atoms with E-state index in [1.807, 2.05) is 20.8 Å². The van der Waals surface area contributed by atoms with E-state index in [-0.39, 0.29) is 12.1 Å². The molecule has 0 saturated heterocycles. The van der Waals surface area contributed by atoms with Crippen LogP contribution in [0.3, 0.4) is 0 Å². The molecule has 1 fully saturated rings. The third kappa shape index (κ3) is 7.21. The van der Waals surface area contributed by atoms with E-state index < -0.39 is 5.60 Å². The SMILES string of the molecule is CCCNC(N)=NCC(NC(=O)OC(C)(C)C)C1CC1. The predicted molar refractivity (Wildman–Crippen MR) is 80.7 cm³/mol. The lowest BCUT2D eigenvalue weighted by atomic mass is 10.2. The molecule has 0 spiro atoms. The zero-order valence-electron chi connectivity index (χ0n) is 13.0. The van der Waals surface area contributed by atoms with Gasteiger partial charge >= 0.3 is 6.09 Å². The molecule has 6 nitrogen and oxygen atoms in total. The Balaban J connectivity index is 2.43. The minimum Gasteiger partial charge on any atom is -0.444 e. The zero-order valence-corrected chi connectivity index (χ0v) is 13.0. The Morgan fingerprint density at radius 3 is 2.60 bits per heavy atom. The van der Waals surface area contributed by atoms with Crippen LogP contribution in [0.15, 0.2) is 4.99 Å². The number of hydrogen-bond donors (Lipinski definition) is 3. The number of carbonyl (C=O) groups is 1. The van der Waals surface area contributed by atoms with E-state index >= 15 is 0 Å². The Morgan fingerprint density at radius 1 is 1.45 bits per heavy atom. The van der Waals surface area contributed by atoms with Crippen LogP contribution < -0.4 is 16.4 Å². The maximum Gasteiger partial charge on any atom is 0.407 e. The zero-order chi connectivity index (χ0) is 15.2. The average Bonchev–Trinajstić information content (AvgIpc) is 3.13. The topological polar surface area (TPSA) is 88.7 Å². The molecule has 20 heavy (non-hydrogen) atoms. The van der Waals surface area contributed by atoms with Crippen molar-refractivity contribution in [3.8, 4) is 0 Å². The summed E-state index contributed by atoms with van der Waals surface area (Å²) in [5.41, 5.74) is 5.27. The fourth-order valence-electron chi connectivity index (χ4n) is 1.78. The van der Waals surface area contributed by atoms with Gasteiger partial charge in [0.25, 0.3) is 0 Å². The van der Waals surface area contributed by atoms with Crippen LogP contribution in [0.1, 0.15) is 47.0 Å². The molecule has 1 aliphatic rings. The monoisotopic (exact) mass is 284 g/mol. The summed E-state index contributed by atoms with van der Waals surface area (Å²) in [4.78, 5) is 16.1. The van der Waals surface area contributed by atoms with Crippen molar-refractivity contribution in [1.82, 2.24) is 10.6 Å². The van der Waals surface area contributed by atoms with Gasteiger partial charge < -0.3 is 21.1 Å². The molecule has 1 unspecified atom stereocenters. The number of ether oxygens (including phenoxy) is 1. The molecular formula is C14H28N4O2. The van der Waals surface area contributed by atoms with Gasteiger partial charge in [0.1, 0.15) is 5.60 Å². The molecule has 0 aromatic rings.